The highest BCUT2D eigenvalue weighted by molar-refractivity contribution is 9.10. The number of nitrogens with one attached hydrogen (secondary N) is 2. The second-order valence-electron chi connectivity index (χ2n) is 8.13. The molecule has 1 saturated heterocycles. The first kappa shape index (κ1) is 24.0. The van der Waals surface area contributed by atoms with Crippen LogP contribution >= 0.6 is 15.9 Å². The lowest BCUT2D eigenvalue weighted by Gasteiger charge is -2.30. The number of Topliss-reactive ketones (excluding diaryl/α,β-unsaturated/α-hetero) is 1. The molecular weight excluding hydrogens is 452 g/mol. The first-order valence-electron chi connectivity index (χ1n) is 10.1. The predicted octanol–water partition coefficient (Wildman–Crippen LogP) is 1.43. The highest BCUT2D eigenvalue weighted by Gasteiger charge is 2.46. The van der Waals surface area contributed by atoms with Crippen molar-refractivity contribution in [3.63, 3.8) is 0 Å². The van der Waals surface area contributed by atoms with Gasteiger partial charge in [0, 0.05) is 19.0 Å². The number of aryl methyl sites for hydroxylation is 2. The van der Waals surface area contributed by atoms with E-state index in [1.807, 2.05) is 26.8 Å². The molecule has 1 aliphatic heterocycles. The molecule has 2 amide bonds. The van der Waals surface area contributed by atoms with Gasteiger partial charge in [0.2, 0.25) is 17.6 Å². The molecule has 4 N–H and O–H groups in total. The van der Waals surface area contributed by atoms with Gasteiger partial charge in [-0.25, -0.2) is 0 Å². The molecule has 164 valence electrons. The van der Waals surface area contributed by atoms with Crippen molar-refractivity contribution < 1.29 is 14.4 Å². The highest BCUT2D eigenvalue weighted by Crippen LogP contribution is 2.28. The van der Waals surface area contributed by atoms with Gasteiger partial charge in [-0.05, 0) is 55.0 Å². The average Bonchev–Trinajstić information content (AvgIpc) is 3.22. The first-order chi connectivity index (χ1) is 14.0. The van der Waals surface area contributed by atoms with Crippen molar-refractivity contribution in [1.82, 2.24) is 20.4 Å². The molecule has 9 nitrogen and oxygen atoms in total. The van der Waals surface area contributed by atoms with Crippen molar-refractivity contribution in [2.45, 2.75) is 65.1 Å². The Morgan fingerprint density at radius 2 is 2.17 bits per heavy atom. The van der Waals surface area contributed by atoms with Crippen LogP contribution in [-0.4, -0.2) is 45.5 Å². The number of amides is 2. The van der Waals surface area contributed by atoms with Crippen LogP contribution in [0.4, 0.5) is 0 Å². The summed E-state index contributed by atoms with van der Waals surface area (Å²) < 4.78 is 2.02. The van der Waals surface area contributed by atoms with E-state index in [9.17, 15) is 19.6 Å². The molecule has 10 heteroatoms. The van der Waals surface area contributed by atoms with Crippen LogP contribution in [0.25, 0.3) is 0 Å². The number of carbonyl (C=O) groups is 3. The zero-order chi connectivity index (χ0) is 22.6. The Hall–Kier alpha value is -2.25. The van der Waals surface area contributed by atoms with Crippen LogP contribution in [0, 0.1) is 30.1 Å². The summed E-state index contributed by atoms with van der Waals surface area (Å²) in [4.78, 5) is 38.5. The second-order valence-corrected chi connectivity index (χ2v) is 8.92. The lowest BCUT2D eigenvalue weighted by Crippen LogP contribution is -2.62. The maximum absolute atomic E-state index is 13.5. The summed E-state index contributed by atoms with van der Waals surface area (Å²) in [6, 6.07) is 1.10. The molecule has 1 aromatic rings. The summed E-state index contributed by atoms with van der Waals surface area (Å²) in [5.74, 6) is -1.81. The highest BCUT2D eigenvalue weighted by atomic mass is 79.9. The van der Waals surface area contributed by atoms with Gasteiger partial charge < -0.3 is 16.4 Å². The quantitative estimate of drug-likeness (QED) is 0.360. The monoisotopic (exact) mass is 480 g/mol. The third-order valence-electron chi connectivity index (χ3n) is 5.25. The smallest absolute Gasteiger partial charge is 0.249 e. The van der Waals surface area contributed by atoms with E-state index in [-0.39, 0.29) is 36.3 Å². The van der Waals surface area contributed by atoms with Crippen molar-refractivity contribution >= 4 is 33.5 Å². The molecule has 1 aromatic heterocycles. The molecule has 1 fully saturated rings. The van der Waals surface area contributed by atoms with Gasteiger partial charge in [-0.3, -0.25) is 19.1 Å². The van der Waals surface area contributed by atoms with Gasteiger partial charge in [0.1, 0.15) is 11.7 Å². The van der Waals surface area contributed by atoms with Gasteiger partial charge in [-0.15, -0.1) is 0 Å². The second kappa shape index (κ2) is 9.71. The largest absolute Gasteiger partial charge is 0.356 e. The maximum atomic E-state index is 13.5. The normalized spacial score (nSPS) is 19.1. The van der Waals surface area contributed by atoms with E-state index in [0.717, 1.165) is 0 Å². The van der Waals surface area contributed by atoms with E-state index in [1.54, 1.807) is 6.92 Å². The third-order valence-corrected chi connectivity index (χ3v) is 6.20. The summed E-state index contributed by atoms with van der Waals surface area (Å²) in [6.07, 6.45) is 0.878. The Bertz CT molecular complexity index is 875. The molecule has 0 spiro atoms. The van der Waals surface area contributed by atoms with Crippen LogP contribution in [-0.2, 0) is 16.1 Å². The average molecular weight is 481 g/mol. The predicted molar refractivity (Wildman–Crippen MR) is 114 cm³/mol. The van der Waals surface area contributed by atoms with E-state index in [4.69, 9.17) is 5.73 Å². The zero-order valence-electron chi connectivity index (χ0n) is 17.8. The molecule has 0 bridgehead atoms. The van der Waals surface area contributed by atoms with Crippen molar-refractivity contribution in [3.05, 3.63) is 15.9 Å². The number of nitrogens with zero attached hydrogens (tertiary/aromatic N) is 3. The van der Waals surface area contributed by atoms with Crippen molar-refractivity contribution in [2.75, 3.05) is 6.54 Å². The van der Waals surface area contributed by atoms with Crippen molar-refractivity contribution in [2.24, 2.45) is 17.6 Å². The number of halogens is 1. The zero-order valence-corrected chi connectivity index (χ0v) is 19.4. The van der Waals surface area contributed by atoms with E-state index < -0.39 is 23.3 Å². The molecule has 0 radical (unpaired) electrons. The Labute approximate surface area is 184 Å². The molecule has 0 saturated carbocycles. The fourth-order valence-electron chi connectivity index (χ4n) is 3.73. The lowest BCUT2D eigenvalue weighted by atomic mass is 9.83. The van der Waals surface area contributed by atoms with Gasteiger partial charge in [-0.2, -0.15) is 10.4 Å². The molecule has 0 unspecified atom stereocenters. The van der Waals surface area contributed by atoms with Crippen molar-refractivity contribution in [1.29, 1.82) is 5.26 Å². The van der Waals surface area contributed by atoms with E-state index >= 15 is 0 Å². The standard InChI is InChI=1S/C20H29BrN6O3/c1-5-27-16(15(21)12(4)26-27)17(28)20(23,9-11(2)3)19(30)25-14(10-22)8-13-6-7-24-18(13)29/h11,13-14H,5-9,23H2,1-4H3,(H,24,29)(H,25,30)/t13-,14-,20+/m0/s1. The minimum Gasteiger partial charge on any atom is -0.356 e. The number of hydrogen-bond acceptors (Lipinski definition) is 6. The third kappa shape index (κ3) is 4.90. The number of aromatic nitrogens is 2. The Morgan fingerprint density at radius 1 is 1.50 bits per heavy atom. The molecule has 1 aliphatic rings. The van der Waals surface area contributed by atoms with Gasteiger partial charge >= 0.3 is 0 Å². The fourth-order valence-corrected chi connectivity index (χ4v) is 4.20. The summed E-state index contributed by atoms with van der Waals surface area (Å²) in [5.41, 5.74) is 5.43. The number of hydrogen-bond donors (Lipinski definition) is 3. The SMILES string of the molecule is CCn1nc(C)c(Br)c1C(=O)[C@](N)(CC(C)C)C(=O)N[C@H](C#N)C[C@@H]1CCNC1=O. The van der Waals surface area contributed by atoms with Crippen LogP contribution in [0.3, 0.4) is 0 Å². The number of ketones is 1. The molecule has 30 heavy (non-hydrogen) atoms. The summed E-state index contributed by atoms with van der Waals surface area (Å²) in [5, 5.41) is 19.1. The van der Waals surface area contributed by atoms with Gasteiger partial charge in [0.05, 0.1) is 16.2 Å². The number of nitrogens with two attached hydrogens (primary N) is 1. The van der Waals surface area contributed by atoms with Gasteiger partial charge in [0.25, 0.3) is 0 Å². The number of rotatable bonds is 9. The molecule has 3 atom stereocenters. The Kier molecular flexibility index (Phi) is 7.77. The van der Waals surface area contributed by atoms with Crippen LogP contribution in [0.5, 0.6) is 0 Å². The minimum atomic E-state index is -1.87. The molecule has 0 aromatic carbocycles. The van der Waals surface area contributed by atoms with Crippen LogP contribution in [0.15, 0.2) is 4.47 Å². The van der Waals surface area contributed by atoms with Crippen LogP contribution in [0.2, 0.25) is 0 Å². The summed E-state index contributed by atoms with van der Waals surface area (Å²) in [7, 11) is 0. The number of nitriles is 1. The van der Waals surface area contributed by atoms with Crippen molar-refractivity contribution in [3.8, 4) is 6.07 Å². The fraction of sp³-hybridized carbons (Fsp3) is 0.650. The van der Waals surface area contributed by atoms with Crippen LogP contribution in [0.1, 0.15) is 56.2 Å². The lowest BCUT2D eigenvalue weighted by molar-refractivity contribution is -0.127. The van der Waals surface area contributed by atoms with Gasteiger partial charge in [-0.1, -0.05) is 13.8 Å². The van der Waals surface area contributed by atoms with E-state index in [2.05, 4.69) is 31.7 Å². The summed E-state index contributed by atoms with van der Waals surface area (Å²) in [6.45, 7) is 8.32. The molecule has 0 aliphatic carbocycles. The number of carbonyl (C=O) groups excluding carboxylic acids is 3. The van der Waals surface area contributed by atoms with Crippen LogP contribution < -0.4 is 16.4 Å². The molecule has 2 rings (SSSR count). The summed E-state index contributed by atoms with van der Waals surface area (Å²) >= 11 is 3.39. The Morgan fingerprint density at radius 3 is 2.67 bits per heavy atom. The Balaban J connectivity index is 2.32. The first-order valence-corrected chi connectivity index (χ1v) is 10.9. The van der Waals surface area contributed by atoms with Gasteiger partial charge in [0.15, 0.2) is 5.54 Å². The van der Waals surface area contributed by atoms with E-state index in [0.29, 0.717) is 29.7 Å². The molecular formula is C20H29BrN6O3. The molecule has 2 heterocycles. The maximum Gasteiger partial charge on any atom is 0.249 e. The van der Waals surface area contributed by atoms with E-state index in [1.165, 1.54) is 4.68 Å². The minimum absolute atomic E-state index is 0.0521. The topological polar surface area (TPSA) is 143 Å².